The maximum atomic E-state index is 11.7. The van der Waals surface area contributed by atoms with Crippen LogP contribution in [-0.4, -0.2) is 39.4 Å². The zero-order valence-electron chi connectivity index (χ0n) is 16.2. The molecule has 2 rings (SSSR count). The number of hydrogen-bond acceptors (Lipinski definition) is 4. The third kappa shape index (κ3) is 7.09. The molecule has 0 aromatic heterocycles. The summed E-state index contributed by atoms with van der Waals surface area (Å²) in [4.78, 5) is 11.7. The minimum Gasteiger partial charge on any atom is -0.497 e. The molecule has 0 fully saturated rings. The number of hydrogen-bond donors (Lipinski definition) is 2. The fraction of sp³-hybridized carbons (Fsp3) is 0.381. The maximum Gasteiger partial charge on any atom is 0.314 e. The average molecular weight is 372 g/mol. The third-order valence-corrected chi connectivity index (χ3v) is 3.98. The summed E-state index contributed by atoms with van der Waals surface area (Å²) in [7, 11) is 1.62. The monoisotopic (exact) mass is 372 g/mol. The molecule has 0 aliphatic rings. The van der Waals surface area contributed by atoms with E-state index < -0.39 is 0 Å². The molecule has 27 heavy (non-hydrogen) atoms. The van der Waals surface area contributed by atoms with Gasteiger partial charge in [0.25, 0.3) is 0 Å². The summed E-state index contributed by atoms with van der Waals surface area (Å²) >= 11 is 0. The van der Waals surface area contributed by atoms with Gasteiger partial charge < -0.3 is 24.8 Å². The Morgan fingerprint density at radius 3 is 2.15 bits per heavy atom. The molecule has 2 amide bonds. The van der Waals surface area contributed by atoms with Crippen molar-refractivity contribution < 1.29 is 19.0 Å². The number of nitrogens with one attached hydrogen (secondary N) is 2. The standard InChI is InChI=1S/C21H28N2O4/c1-16-6-4-7-17(2)20(16)27-14-5-12-22-21(24)23-13-15-26-19-10-8-18(25-3)9-11-19/h4,6-11H,5,12-15H2,1-3H3,(H2,22,23,24). The van der Waals surface area contributed by atoms with Crippen LogP contribution in [0, 0.1) is 13.8 Å². The summed E-state index contributed by atoms with van der Waals surface area (Å²) in [5.74, 6) is 2.45. The van der Waals surface area contributed by atoms with Crippen molar-refractivity contribution in [2.24, 2.45) is 0 Å². The van der Waals surface area contributed by atoms with E-state index in [-0.39, 0.29) is 6.03 Å². The molecule has 6 nitrogen and oxygen atoms in total. The van der Waals surface area contributed by atoms with E-state index in [0.29, 0.717) is 26.3 Å². The highest BCUT2D eigenvalue weighted by Crippen LogP contribution is 2.22. The first-order valence-corrected chi connectivity index (χ1v) is 9.07. The number of para-hydroxylation sites is 1. The lowest BCUT2D eigenvalue weighted by atomic mass is 10.1. The van der Waals surface area contributed by atoms with Crippen molar-refractivity contribution in [1.29, 1.82) is 0 Å². The van der Waals surface area contributed by atoms with Crippen molar-refractivity contribution in [3.63, 3.8) is 0 Å². The molecular formula is C21H28N2O4. The van der Waals surface area contributed by atoms with E-state index in [1.54, 1.807) is 7.11 Å². The van der Waals surface area contributed by atoms with Crippen LogP contribution >= 0.6 is 0 Å². The molecule has 146 valence electrons. The van der Waals surface area contributed by atoms with Crippen molar-refractivity contribution in [2.75, 3.05) is 33.4 Å². The topological polar surface area (TPSA) is 68.8 Å². The number of methoxy groups -OCH3 is 1. The van der Waals surface area contributed by atoms with E-state index in [2.05, 4.69) is 10.6 Å². The van der Waals surface area contributed by atoms with Gasteiger partial charge in [-0.2, -0.15) is 0 Å². The molecule has 0 radical (unpaired) electrons. The van der Waals surface area contributed by atoms with Gasteiger partial charge in [0.1, 0.15) is 23.9 Å². The molecule has 0 aliphatic carbocycles. The number of carbonyl (C=O) groups excluding carboxylic acids is 1. The van der Waals surface area contributed by atoms with Crippen molar-refractivity contribution >= 4 is 6.03 Å². The molecule has 2 aromatic carbocycles. The summed E-state index contributed by atoms with van der Waals surface area (Å²) < 4.78 is 16.5. The molecule has 0 aliphatic heterocycles. The Morgan fingerprint density at radius 2 is 1.48 bits per heavy atom. The van der Waals surface area contributed by atoms with E-state index in [1.165, 1.54) is 0 Å². The zero-order chi connectivity index (χ0) is 19.5. The van der Waals surface area contributed by atoms with E-state index in [1.807, 2.05) is 56.3 Å². The molecule has 2 aromatic rings. The number of ether oxygens (including phenoxy) is 3. The molecule has 0 heterocycles. The van der Waals surface area contributed by atoms with Gasteiger partial charge in [-0.1, -0.05) is 18.2 Å². The average Bonchev–Trinajstić information content (AvgIpc) is 2.67. The van der Waals surface area contributed by atoms with E-state index >= 15 is 0 Å². The number of urea groups is 1. The number of aryl methyl sites for hydroxylation is 2. The second-order valence-corrected chi connectivity index (χ2v) is 6.13. The summed E-state index contributed by atoms with van der Waals surface area (Å²) in [6, 6.07) is 13.2. The van der Waals surface area contributed by atoms with E-state index in [0.717, 1.165) is 34.8 Å². The normalized spacial score (nSPS) is 10.2. The van der Waals surface area contributed by atoms with E-state index in [4.69, 9.17) is 14.2 Å². The summed E-state index contributed by atoms with van der Waals surface area (Å²) in [6.45, 7) is 6.00. The Kier molecular flexibility index (Phi) is 8.29. The first-order chi connectivity index (χ1) is 13.1. The number of amides is 2. The van der Waals surface area contributed by atoms with Gasteiger partial charge in [-0.25, -0.2) is 4.79 Å². The Hall–Kier alpha value is -2.89. The lowest BCUT2D eigenvalue weighted by molar-refractivity contribution is 0.234. The minimum absolute atomic E-state index is 0.208. The Balaban J connectivity index is 1.53. The van der Waals surface area contributed by atoms with Crippen LogP contribution in [0.5, 0.6) is 17.2 Å². The van der Waals surface area contributed by atoms with Gasteiger partial charge in [-0.3, -0.25) is 0 Å². The molecule has 0 unspecified atom stereocenters. The second-order valence-electron chi connectivity index (χ2n) is 6.13. The first-order valence-electron chi connectivity index (χ1n) is 9.07. The summed E-state index contributed by atoms with van der Waals surface area (Å²) in [6.07, 6.45) is 0.740. The maximum absolute atomic E-state index is 11.7. The number of carbonyl (C=O) groups is 1. The van der Waals surface area contributed by atoms with Crippen molar-refractivity contribution in [3.05, 3.63) is 53.6 Å². The quantitative estimate of drug-likeness (QED) is 0.627. The number of benzene rings is 2. The summed E-state index contributed by atoms with van der Waals surface area (Å²) in [5, 5.41) is 5.57. The smallest absolute Gasteiger partial charge is 0.314 e. The van der Waals surface area contributed by atoms with Crippen LogP contribution in [-0.2, 0) is 0 Å². The van der Waals surface area contributed by atoms with Crippen LogP contribution in [0.1, 0.15) is 17.5 Å². The van der Waals surface area contributed by atoms with Crippen molar-refractivity contribution in [2.45, 2.75) is 20.3 Å². The van der Waals surface area contributed by atoms with Crippen LogP contribution in [0.3, 0.4) is 0 Å². The van der Waals surface area contributed by atoms with E-state index in [9.17, 15) is 4.79 Å². The van der Waals surface area contributed by atoms with Crippen molar-refractivity contribution in [3.8, 4) is 17.2 Å². The largest absolute Gasteiger partial charge is 0.497 e. The second kappa shape index (κ2) is 11.0. The molecular weight excluding hydrogens is 344 g/mol. The first kappa shape index (κ1) is 20.4. The zero-order valence-corrected chi connectivity index (χ0v) is 16.2. The van der Waals surface area contributed by atoms with Crippen LogP contribution in [0.15, 0.2) is 42.5 Å². The van der Waals surface area contributed by atoms with Gasteiger partial charge in [0.2, 0.25) is 0 Å². The fourth-order valence-corrected chi connectivity index (χ4v) is 2.54. The SMILES string of the molecule is COc1ccc(OCCNC(=O)NCCCOc2c(C)cccc2C)cc1. The van der Waals surface area contributed by atoms with Crippen LogP contribution in [0.25, 0.3) is 0 Å². The number of rotatable bonds is 10. The highest BCUT2D eigenvalue weighted by atomic mass is 16.5. The molecule has 0 spiro atoms. The molecule has 0 bridgehead atoms. The molecule has 0 saturated heterocycles. The molecule has 2 N–H and O–H groups in total. The lowest BCUT2D eigenvalue weighted by Crippen LogP contribution is -2.38. The van der Waals surface area contributed by atoms with Crippen LogP contribution in [0.4, 0.5) is 4.79 Å². The van der Waals surface area contributed by atoms with Crippen LogP contribution in [0.2, 0.25) is 0 Å². The van der Waals surface area contributed by atoms with Gasteiger partial charge in [0.15, 0.2) is 0 Å². The third-order valence-electron chi connectivity index (χ3n) is 3.98. The Bertz CT molecular complexity index is 696. The minimum atomic E-state index is -0.208. The van der Waals surface area contributed by atoms with Gasteiger partial charge in [-0.15, -0.1) is 0 Å². The summed E-state index contributed by atoms with van der Waals surface area (Å²) in [5.41, 5.74) is 2.25. The predicted octanol–water partition coefficient (Wildman–Crippen LogP) is 3.46. The lowest BCUT2D eigenvalue weighted by Gasteiger charge is -2.12. The molecule has 0 atom stereocenters. The van der Waals surface area contributed by atoms with Crippen molar-refractivity contribution in [1.82, 2.24) is 10.6 Å². The van der Waals surface area contributed by atoms with Gasteiger partial charge in [0, 0.05) is 6.54 Å². The Morgan fingerprint density at radius 1 is 0.852 bits per heavy atom. The highest BCUT2D eigenvalue weighted by molar-refractivity contribution is 5.73. The van der Waals surface area contributed by atoms with Gasteiger partial charge in [0.05, 0.1) is 20.3 Å². The fourth-order valence-electron chi connectivity index (χ4n) is 2.54. The molecule has 6 heteroatoms. The van der Waals surface area contributed by atoms with Crippen LogP contribution < -0.4 is 24.8 Å². The van der Waals surface area contributed by atoms with Gasteiger partial charge >= 0.3 is 6.03 Å². The van der Waals surface area contributed by atoms with Gasteiger partial charge in [-0.05, 0) is 55.7 Å². The Labute approximate surface area is 160 Å². The molecule has 0 saturated carbocycles. The highest BCUT2D eigenvalue weighted by Gasteiger charge is 2.03. The predicted molar refractivity (Wildman–Crippen MR) is 106 cm³/mol.